The second kappa shape index (κ2) is 8.34. The van der Waals surface area contributed by atoms with Gasteiger partial charge < -0.3 is 25.2 Å². The molecule has 2 aliphatic rings. The molecule has 1 spiro atoms. The van der Waals surface area contributed by atoms with Crippen LogP contribution in [-0.2, 0) is 4.74 Å². The van der Waals surface area contributed by atoms with Crippen LogP contribution >= 0.6 is 0 Å². The smallest absolute Gasteiger partial charge is 0.194 e. The van der Waals surface area contributed by atoms with Crippen molar-refractivity contribution in [2.45, 2.75) is 42.5 Å². The van der Waals surface area contributed by atoms with Gasteiger partial charge in [-0.2, -0.15) is 5.10 Å². The molecule has 1 aliphatic carbocycles. The van der Waals surface area contributed by atoms with E-state index in [1.165, 1.54) is 23.3 Å². The quantitative estimate of drug-likeness (QED) is 0.293. The number of halogens is 3. The van der Waals surface area contributed by atoms with E-state index < -0.39 is 53.5 Å². The van der Waals surface area contributed by atoms with Gasteiger partial charge >= 0.3 is 0 Å². The molecule has 2 aromatic carbocycles. The zero-order valence-electron chi connectivity index (χ0n) is 18.7. The van der Waals surface area contributed by atoms with E-state index in [0.717, 1.165) is 16.8 Å². The van der Waals surface area contributed by atoms with Crippen molar-refractivity contribution in [1.29, 1.82) is 0 Å². The largest absolute Gasteiger partial charge is 0.506 e. The average Bonchev–Trinajstić information content (AvgIpc) is 3.24. The zero-order chi connectivity index (χ0) is 26.1. The maximum absolute atomic E-state index is 13.8. The molecule has 1 saturated heterocycles. The molecule has 37 heavy (non-hydrogen) atoms. The molecule has 2 fully saturated rings. The summed E-state index contributed by atoms with van der Waals surface area (Å²) in [4.78, 5) is 4.19. The van der Waals surface area contributed by atoms with Gasteiger partial charge in [-0.3, -0.25) is 0 Å². The van der Waals surface area contributed by atoms with Crippen molar-refractivity contribution in [3.05, 3.63) is 72.2 Å². The van der Waals surface area contributed by atoms with Crippen molar-refractivity contribution in [3.8, 4) is 22.7 Å². The van der Waals surface area contributed by atoms with Gasteiger partial charge in [-0.05, 0) is 24.3 Å². The van der Waals surface area contributed by atoms with Gasteiger partial charge in [-0.15, -0.1) is 5.10 Å². The Morgan fingerprint density at radius 1 is 1.05 bits per heavy atom. The second-order valence-corrected chi connectivity index (χ2v) is 9.00. The summed E-state index contributed by atoms with van der Waals surface area (Å²) in [6.07, 6.45) is -2.84. The highest BCUT2D eigenvalue weighted by Crippen LogP contribution is 2.54. The number of aromatic hydroxyl groups is 1. The van der Waals surface area contributed by atoms with Gasteiger partial charge in [0.1, 0.15) is 53.4 Å². The number of phenolic OH excluding ortho intramolecular Hbond substituents is 1. The Hall–Kier alpha value is -3.85. The monoisotopic (exact) mass is 516 g/mol. The van der Waals surface area contributed by atoms with Crippen LogP contribution < -0.4 is 0 Å². The third kappa shape index (κ3) is 3.60. The minimum atomic E-state index is -1.63. The van der Waals surface area contributed by atoms with E-state index >= 15 is 0 Å². The highest BCUT2D eigenvalue weighted by atomic mass is 19.2. The summed E-state index contributed by atoms with van der Waals surface area (Å²) < 4.78 is 49.2. The lowest BCUT2D eigenvalue weighted by atomic mass is 9.90. The highest BCUT2D eigenvalue weighted by Gasteiger charge is 2.68. The molecule has 6 rings (SSSR count). The summed E-state index contributed by atoms with van der Waals surface area (Å²) in [5.74, 6) is -4.50. The molecular weight excluding hydrogens is 497 g/mol. The number of rotatable bonds is 4. The number of nitrogens with zero attached hydrogens (tertiary/aromatic N) is 6. The van der Waals surface area contributed by atoms with Crippen molar-refractivity contribution in [1.82, 2.24) is 29.8 Å². The summed E-state index contributed by atoms with van der Waals surface area (Å²) in [5, 5.41) is 55.0. The summed E-state index contributed by atoms with van der Waals surface area (Å²) in [7, 11) is 0. The summed E-state index contributed by atoms with van der Waals surface area (Å²) in [5.41, 5.74) is -1.38. The van der Waals surface area contributed by atoms with E-state index in [2.05, 4.69) is 20.4 Å². The Morgan fingerprint density at radius 3 is 2.43 bits per heavy atom. The summed E-state index contributed by atoms with van der Waals surface area (Å²) in [6, 6.07) is 6.53. The minimum absolute atomic E-state index is 0.0501. The molecule has 3 heterocycles. The fourth-order valence-corrected chi connectivity index (χ4v) is 4.76. The van der Waals surface area contributed by atoms with Gasteiger partial charge in [0.25, 0.3) is 0 Å². The first kappa shape index (κ1) is 23.5. The molecule has 11 nitrogen and oxygen atoms in total. The molecule has 0 radical (unpaired) electrons. The third-order valence-corrected chi connectivity index (χ3v) is 6.78. The van der Waals surface area contributed by atoms with Gasteiger partial charge in [0, 0.05) is 12.0 Å². The number of ether oxygens (including phenoxy) is 1. The normalized spacial score (nSPS) is 29.1. The lowest BCUT2D eigenvalue weighted by Gasteiger charge is -2.42. The number of para-hydroxylation sites is 2. The van der Waals surface area contributed by atoms with Gasteiger partial charge in [-0.25, -0.2) is 27.5 Å². The topological polar surface area (TPSA) is 152 Å². The van der Waals surface area contributed by atoms with Crippen LogP contribution in [0.2, 0.25) is 0 Å². The van der Waals surface area contributed by atoms with Crippen LogP contribution in [0.4, 0.5) is 13.2 Å². The Morgan fingerprint density at radius 2 is 1.76 bits per heavy atom. The van der Waals surface area contributed by atoms with Crippen LogP contribution in [0.5, 0.6) is 5.75 Å². The molecule has 2 aromatic heterocycles. The predicted octanol–water partition coefficient (Wildman–Crippen LogP) is 1.19. The lowest BCUT2D eigenvalue weighted by molar-refractivity contribution is -0.224. The first-order chi connectivity index (χ1) is 17.7. The van der Waals surface area contributed by atoms with E-state index in [1.54, 1.807) is 18.2 Å². The van der Waals surface area contributed by atoms with Crippen LogP contribution in [0.1, 0.15) is 24.4 Å². The summed E-state index contributed by atoms with van der Waals surface area (Å²) in [6.45, 7) is 0. The van der Waals surface area contributed by atoms with Crippen molar-refractivity contribution in [3.63, 3.8) is 0 Å². The first-order valence-corrected chi connectivity index (χ1v) is 11.2. The van der Waals surface area contributed by atoms with Crippen LogP contribution in [0.25, 0.3) is 16.9 Å². The Labute approximate surface area is 206 Å². The molecule has 6 atom stereocenters. The number of hydrogen-bond acceptors (Lipinski definition) is 9. The van der Waals surface area contributed by atoms with Crippen LogP contribution in [0, 0.1) is 17.5 Å². The number of benzene rings is 2. The van der Waals surface area contributed by atoms with Gasteiger partial charge in [0.15, 0.2) is 23.3 Å². The molecule has 0 amide bonds. The molecule has 1 aliphatic heterocycles. The number of phenols is 1. The number of aliphatic hydroxyl groups excluding tert-OH is 3. The van der Waals surface area contributed by atoms with E-state index in [0.29, 0.717) is 0 Å². The SMILES string of the molecule is Oc1ccccc1-n1ncnc1[C@@H]1OC2(CC2O)[C@H](O)[C@H](n2cc(-c3cc(F)c(F)c(F)c3)nn2)[C@H]1O. The Kier molecular flexibility index (Phi) is 5.31. The van der Waals surface area contributed by atoms with Crippen molar-refractivity contribution in [2.24, 2.45) is 0 Å². The van der Waals surface area contributed by atoms with E-state index in [9.17, 15) is 33.6 Å². The van der Waals surface area contributed by atoms with Gasteiger partial charge in [0.2, 0.25) is 0 Å². The van der Waals surface area contributed by atoms with Crippen molar-refractivity contribution >= 4 is 0 Å². The number of aliphatic hydroxyl groups is 3. The number of hydrogen-bond donors (Lipinski definition) is 4. The summed E-state index contributed by atoms with van der Waals surface area (Å²) >= 11 is 0. The molecule has 4 aromatic rings. The Bertz CT molecular complexity index is 1470. The van der Waals surface area contributed by atoms with Crippen molar-refractivity contribution in [2.75, 3.05) is 0 Å². The predicted molar refractivity (Wildman–Crippen MR) is 117 cm³/mol. The maximum atomic E-state index is 13.8. The van der Waals surface area contributed by atoms with Crippen molar-refractivity contribution < 1.29 is 38.3 Å². The maximum Gasteiger partial charge on any atom is 0.194 e. The molecule has 1 saturated carbocycles. The number of aromatic nitrogens is 6. The van der Waals surface area contributed by atoms with Gasteiger partial charge in [0.05, 0.1) is 12.3 Å². The lowest BCUT2D eigenvalue weighted by Crippen LogP contribution is -2.54. The molecule has 14 heteroatoms. The van der Waals surface area contributed by atoms with Crippen LogP contribution in [0.3, 0.4) is 0 Å². The van der Waals surface area contributed by atoms with E-state index in [4.69, 9.17) is 4.74 Å². The van der Waals surface area contributed by atoms with E-state index in [-0.39, 0.29) is 34.9 Å². The highest BCUT2D eigenvalue weighted by molar-refractivity contribution is 5.58. The average molecular weight is 516 g/mol. The van der Waals surface area contributed by atoms with E-state index in [1.807, 2.05) is 0 Å². The molecule has 0 bridgehead atoms. The molecular formula is C23H19F3N6O5. The van der Waals surface area contributed by atoms with Crippen LogP contribution in [-0.4, -0.2) is 74.1 Å². The standard InChI is InChI=1S/C23H19F3N6O5/c24-11-5-10(6-12(25)17(11)26)13-8-31(30-29-13)18-19(35)20(37-23(21(18)36)7-16(23)34)22-27-9-28-32(22)14-3-1-2-4-15(14)33/h1-6,8-9,16,18-21,33-36H,7H2/t16?,18-,19-,20-,21-,23?/m1/s1. The zero-order valence-corrected chi connectivity index (χ0v) is 18.7. The fourth-order valence-electron chi connectivity index (χ4n) is 4.76. The van der Waals surface area contributed by atoms with Gasteiger partial charge in [-0.1, -0.05) is 17.3 Å². The van der Waals surface area contributed by atoms with Crippen LogP contribution in [0.15, 0.2) is 48.9 Å². The first-order valence-electron chi connectivity index (χ1n) is 11.2. The fraction of sp³-hybridized carbons (Fsp3) is 0.304. The molecule has 192 valence electrons. The molecule has 4 N–H and O–H groups in total. The minimum Gasteiger partial charge on any atom is -0.506 e. The second-order valence-electron chi connectivity index (χ2n) is 9.00. The Balaban J connectivity index is 1.40. The molecule has 2 unspecified atom stereocenters. The third-order valence-electron chi connectivity index (χ3n) is 6.78.